The van der Waals surface area contributed by atoms with Crippen molar-refractivity contribution in [2.75, 3.05) is 25.0 Å². The van der Waals surface area contributed by atoms with Crippen molar-refractivity contribution in [2.24, 2.45) is 0 Å². The van der Waals surface area contributed by atoms with Crippen LogP contribution in [0.5, 0.6) is 0 Å². The minimum absolute atomic E-state index is 0.127. The highest BCUT2D eigenvalue weighted by molar-refractivity contribution is 5.87. The van der Waals surface area contributed by atoms with Gasteiger partial charge in [-0.25, -0.2) is 13.9 Å². The smallest absolute Gasteiger partial charge is 0.179 e. The van der Waals surface area contributed by atoms with Crippen LogP contribution in [-0.4, -0.2) is 62.4 Å². The minimum Gasteiger partial charge on any atom is -0.393 e. The SMILES string of the molecule is CN/C(=C(/F)C=N)c1cc(N2CCC(O)CC2)c2c(C)nc(-c3ccn[nH]3)n2n1. The van der Waals surface area contributed by atoms with Gasteiger partial charge in [-0.05, 0) is 31.9 Å². The number of aromatic nitrogens is 5. The number of aromatic amines is 1. The van der Waals surface area contributed by atoms with Crippen LogP contribution in [0.3, 0.4) is 0 Å². The average molecular weight is 398 g/mol. The Kier molecular flexibility index (Phi) is 5.01. The lowest BCUT2D eigenvalue weighted by Gasteiger charge is -2.32. The lowest BCUT2D eigenvalue weighted by Crippen LogP contribution is -2.36. The maximum absolute atomic E-state index is 14.3. The zero-order valence-corrected chi connectivity index (χ0v) is 16.3. The molecular formula is C19H23FN8O. The molecule has 1 aliphatic rings. The number of aryl methyl sites for hydroxylation is 1. The van der Waals surface area contributed by atoms with Crippen molar-refractivity contribution < 1.29 is 9.50 Å². The molecule has 0 atom stereocenters. The maximum atomic E-state index is 14.3. The molecule has 3 aromatic heterocycles. The van der Waals surface area contributed by atoms with E-state index in [1.54, 1.807) is 23.8 Å². The van der Waals surface area contributed by atoms with E-state index in [1.807, 2.05) is 13.0 Å². The molecule has 29 heavy (non-hydrogen) atoms. The van der Waals surface area contributed by atoms with Crippen LogP contribution in [0.4, 0.5) is 10.1 Å². The first-order chi connectivity index (χ1) is 14.0. The predicted octanol–water partition coefficient (Wildman–Crippen LogP) is 1.90. The van der Waals surface area contributed by atoms with Gasteiger partial charge in [-0.3, -0.25) is 5.10 Å². The van der Waals surface area contributed by atoms with Gasteiger partial charge in [-0.2, -0.15) is 10.2 Å². The molecule has 4 heterocycles. The summed E-state index contributed by atoms with van der Waals surface area (Å²) in [7, 11) is 1.59. The van der Waals surface area contributed by atoms with Gasteiger partial charge in [0, 0.05) is 26.3 Å². The van der Waals surface area contributed by atoms with Crippen molar-refractivity contribution in [3.05, 3.63) is 35.5 Å². The number of rotatable bonds is 5. The van der Waals surface area contributed by atoms with Crippen molar-refractivity contribution in [3.63, 3.8) is 0 Å². The number of hydrogen-bond acceptors (Lipinski definition) is 7. The average Bonchev–Trinajstić information content (AvgIpc) is 3.37. The first kappa shape index (κ1) is 19.1. The van der Waals surface area contributed by atoms with Crippen molar-refractivity contribution in [1.82, 2.24) is 30.1 Å². The Balaban J connectivity index is 1.98. The summed E-state index contributed by atoms with van der Waals surface area (Å²) in [4.78, 5) is 6.83. The molecule has 1 aliphatic heterocycles. The van der Waals surface area contributed by atoms with Crippen molar-refractivity contribution >= 4 is 23.1 Å². The summed E-state index contributed by atoms with van der Waals surface area (Å²) >= 11 is 0. The zero-order chi connectivity index (χ0) is 20.5. The molecule has 4 N–H and O–H groups in total. The lowest BCUT2D eigenvalue weighted by atomic mass is 10.1. The number of aliphatic hydroxyl groups is 1. The number of halogens is 1. The Bertz CT molecular complexity index is 1060. The highest BCUT2D eigenvalue weighted by atomic mass is 19.1. The van der Waals surface area contributed by atoms with Gasteiger partial charge in [-0.15, -0.1) is 0 Å². The number of nitrogens with zero attached hydrogens (tertiary/aromatic N) is 5. The minimum atomic E-state index is -0.709. The van der Waals surface area contributed by atoms with Gasteiger partial charge in [0.1, 0.15) is 16.9 Å². The second-order valence-electron chi connectivity index (χ2n) is 7.00. The molecule has 0 amide bonds. The van der Waals surface area contributed by atoms with E-state index in [1.165, 1.54) is 0 Å². The molecule has 0 unspecified atom stereocenters. The van der Waals surface area contributed by atoms with Crippen LogP contribution in [-0.2, 0) is 0 Å². The summed E-state index contributed by atoms with van der Waals surface area (Å²) in [6.07, 6.45) is 3.31. The molecule has 3 aromatic rings. The van der Waals surface area contributed by atoms with E-state index in [2.05, 4.69) is 30.5 Å². The van der Waals surface area contributed by atoms with Crippen LogP contribution >= 0.6 is 0 Å². The van der Waals surface area contributed by atoms with Crippen LogP contribution in [0, 0.1) is 12.3 Å². The molecule has 0 radical (unpaired) electrons. The van der Waals surface area contributed by atoms with E-state index < -0.39 is 5.83 Å². The van der Waals surface area contributed by atoms with Gasteiger partial charge in [0.15, 0.2) is 11.7 Å². The molecule has 9 nitrogen and oxygen atoms in total. The van der Waals surface area contributed by atoms with Gasteiger partial charge in [-0.1, -0.05) is 0 Å². The van der Waals surface area contributed by atoms with Gasteiger partial charge in [0.25, 0.3) is 0 Å². The van der Waals surface area contributed by atoms with Gasteiger partial charge >= 0.3 is 0 Å². The van der Waals surface area contributed by atoms with Crippen molar-refractivity contribution in [3.8, 4) is 11.5 Å². The van der Waals surface area contributed by atoms with Crippen molar-refractivity contribution in [2.45, 2.75) is 25.9 Å². The van der Waals surface area contributed by atoms with E-state index in [0.29, 0.717) is 49.4 Å². The number of anilines is 1. The highest BCUT2D eigenvalue weighted by Crippen LogP contribution is 2.32. The number of imidazole rings is 1. The first-order valence-electron chi connectivity index (χ1n) is 9.45. The van der Waals surface area contributed by atoms with Crippen LogP contribution in [0.25, 0.3) is 22.7 Å². The standard InChI is InChI=1S/C19H23FN8O/c1-11-18-16(27-7-4-12(29)5-8-27)9-15(17(22-2)13(20)10-21)26-28(18)19(24-11)14-3-6-23-25-14/h3,6,9-10,12,21-22,29H,4-5,7-8H2,1-2H3,(H,23,25)/b17-13+,21-10?. The third-order valence-electron chi connectivity index (χ3n) is 5.17. The number of H-pyrrole nitrogens is 1. The molecule has 4 rings (SSSR count). The number of aliphatic hydroxyl groups excluding tert-OH is 1. The number of fused-ring (bicyclic) bond motifs is 1. The van der Waals surface area contributed by atoms with Gasteiger partial charge in [0.05, 0.1) is 29.4 Å². The Morgan fingerprint density at radius 1 is 1.41 bits per heavy atom. The fourth-order valence-electron chi connectivity index (χ4n) is 3.71. The second kappa shape index (κ2) is 7.63. The highest BCUT2D eigenvalue weighted by Gasteiger charge is 2.25. The van der Waals surface area contributed by atoms with Gasteiger partial charge in [0.2, 0.25) is 0 Å². The predicted molar refractivity (Wildman–Crippen MR) is 109 cm³/mol. The molecule has 10 heteroatoms. The second-order valence-corrected chi connectivity index (χ2v) is 7.00. The summed E-state index contributed by atoms with van der Waals surface area (Å²) in [6, 6.07) is 3.61. The summed E-state index contributed by atoms with van der Waals surface area (Å²) in [5.41, 5.74) is 3.66. The molecule has 1 saturated heterocycles. The normalized spacial score (nSPS) is 16.2. The van der Waals surface area contributed by atoms with E-state index in [-0.39, 0.29) is 11.8 Å². The van der Waals surface area contributed by atoms with Crippen LogP contribution in [0.2, 0.25) is 0 Å². The fourth-order valence-corrected chi connectivity index (χ4v) is 3.71. The summed E-state index contributed by atoms with van der Waals surface area (Å²) < 4.78 is 16.0. The summed E-state index contributed by atoms with van der Waals surface area (Å²) in [5, 5.41) is 31.5. The van der Waals surface area contributed by atoms with Crippen molar-refractivity contribution in [1.29, 1.82) is 5.41 Å². The number of hydrogen-bond donors (Lipinski definition) is 4. The summed E-state index contributed by atoms with van der Waals surface area (Å²) in [5.74, 6) is -0.139. The van der Waals surface area contributed by atoms with E-state index in [9.17, 15) is 9.50 Å². The molecular weight excluding hydrogens is 375 g/mol. The quantitative estimate of drug-likeness (QED) is 0.488. The molecule has 1 fully saturated rings. The van der Waals surface area contributed by atoms with Crippen LogP contribution in [0.1, 0.15) is 24.2 Å². The molecule has 152 valence electrons. The fraction of sp³-hybridized carbons (Fsp3) is 0.368. The van der Waals surface area contributed by atoms with Crippen LogP contribution in [0.15, 0.2) is 24.2 Å². The third-order valence-corrected chi connectivity index (χ3v) is 5.17. The van der Waals surface area contributed by atoms with E-state index in [4.69, 9.17) is 5.41 Å². The monoisotopic (exact) mass is 398 g/mol. The maximum Gasteiger partial charge on any atom is 0.179 e. The Morgan fingerprint density at radius 3 is 2.79 bits per heavy atom. The first-order valence-corrected chi connectivity index (χ1v) is 9.45. The Morgan fingerprint density at radius 2 is 2.17 bits per heavy atom. The molecule has 0 spiro atoms. The Hall–Kier alpha value is -3.27. The number of allylic oxidation sites excluding steroid dienone is 1. The Labute approximate surface area is 166 Å². The lowest BCUT2D eigenvalue weighted by molar-refractivity contribution is 0.145. The molecule has 0 saturated carbocycles. The number of piperidine rings is 1. The molecule has 0 aliphatic carbocycles. The third kappa shape index (κ3) is 3.35. The topological polar surface area (TPSA) is 118 Å². The largest absolute Gasteiger partial charge is 0.393 e. The van der Waals surface area contributed by atoms with Crippen LogP contribution < -0.4 is 10.2 Å². The summed E-state index contributed by atoms with van der Waals surface area (Å²) in [6.45, 7) is 3.26. The molecule has 0 bridgehead atoms. The molecule has 0 aromatic carbocycles. The van der Waals surface area contributed by atoms with E-state index in [0.717, 1.165) is 16.9 Å². The zero-order valence-electron chi connectivity index (χ0n) is 16.3. The van der Waals surface area contributed by atoms with Gasteiger partial charge < -0.3 is 20.7 Å². The van der Waals surface area contributed by atoms with E-state index >= 15 is 0 Å². The number of nitrogens with one attached hydrogen (secondary N) is 3.